The summed E-state index contributed by atoms with van der Waals surface area (Å²) < 4.78 is 7.01. The van der Waals surface area contributed by atoms with Crippen LogP contribution in [0.5, 0.6) is 5.75 Å². The van der Waals surface area contributed by atoms with Gasteiger partial charge in [-0.3, -0.25) is 4.79 Å². The van der Waals surface area contributed by atoms with E-state index in [1.807, 2.05) is 35.9 Å². The summed E-state index contributed by atoms with van der Waals surface area (Å²) in [6.45, 7) is 1.79. The Morgan fingerprint density at radius 3 is 2.69 bits per heavy atom. The minimum Gasteiger partial charge on any atom is -0.497 e. The summed E-state index contributed by atoms with van der Waals surface area (Å²) in [5, 5.41) is 21.2. The summed E-state index contributed by atoms with van der Waals surface area (Å²) in [4.78, 5) is 12.2. The second-order valence-electron chi connectivity index (χ2n) is 6.52. The fourth-order valence-electron chi connectivity index (χ4n) is 2.77. The third-order valence-corrected chi connectivity index (χ3v) is 5.56. The van der Waals surface area contributed by atoms with Crippen LogP contribution in [-0.2, 0) is 11.8 Å². The third-order valence-electron chi connectivity index (χ3n) is 4.54. The van der Waals surface area contributed by atoms with Gasteiger partial charge in [-0.1, -0.05) is 11.8 Å². The maximum absolute atomic E-state index is 12.2. The highest BCUT2D eigenvalue weighted by molar-refractivity contribution is 7.99. The van der Waals surface area contributed by atoms with Gasteiger partial charge in [0.1, 0.15) is 11.3 Å². The van der Waals surface area contributed by atoms with Gasteiger partial charge >= 0.3 is 0 Å². The number of nitriles is 1. The average Bonchev–Trinajstić information content (AvgIpc) is 3.45. The Labute approximate surface area is 156 Å². The molecule has 1 aromatic heterocycles. The van der Waals surface area contributed by atoms with Gasteiger partial charge in [0.05, 0.1) is 18.9 Å². The molecule has 0 saturated heterocycles. The first kappa shape index (κ1) is 18.3. The highest BCUT2D eigenvalue weighted by atomic mass is 32.2. The SMILES string of the molecule is COc1ccc(-c2nnc(SCC(=O)N[C@](C)(C#N)C3CC3)n2C)cc1. The van der Waals surface area contributed by atoms with Crippen molar-refractivity contribution in [2.75, 3.05) is 12.9 Å². The largest absolute Gasteiger partial charge is 0.497 e. The number of carbonyl (C=O) groups is 1. The van der Waals surface area contributed by atoms with E-state index < -0.39 is 5.54 Å². The number of nitrogens with one attached hydrogen (secondary N) is 1. The predicted octanol–water partition coefficient (Wildman–Crippen LogP) is 2.39. The van der Waals surface area contributed by atoms with Crippen molar-refractivity contribution in [3.05, 3.63) is 24.3 Å². The highest BCUT2D eigenvalue weighted by Gasteiger charge is 2.42. The lowest BCUT2D eigenvalue weighted by atomic mass is 9.98. The molecule has 136 valence electrons. The molecule has 26 heavy (non-hydrogen) atoms. The predicted molar refractivity (Wildman–Crippen MR) is 98.6 cm³/mol. The fourth-order valence-corrected chi connectivity index (χ4v) is 3.48. The Kier molecular flexibility index (Phi) is 5.18. The standard InChI is InChI=1S/C18H21N5O2S/c1-18(11-19,13-6-7-13)20-15(24)10-26-17-22-21-16(23(17)2)12-4-8-14(25-3)9-5-12/h4-5,8-9,13H,6-7,10H2,1-3H3,(H,20,24)/t18-/m1/s1. The normalized spacial score (nSPS) is 15.8. The van der Waals surface area contributed by atoms with Crippen LogP contribution in [0.25, 0.3) is 11.4 Å². The molecule has 8 heteroatoms. The fraction of sp³-hybridized carbons (Fsp3) is 0.444. The van der Waals surface area contributed by atoms with Crippen LogP contribution < -0.4 is 10.1 Å². The molecule has 1 atom stereocenters. The lowest BCUT2D eigenvalue weighted by Crippen LogP contribution is -2.47. The van der Waals surface area contributed by atoms with Crippen LogP contribution in [0.15, 0.2) is 29.4 Å². The average molecular weight is 371 g/mol. The van der Waals surface area contributed by atoms with Crippen LogP contribution in [0.2, 0.25) is 0 Å². The zero-order chi connectivity index (χ0) is 18.7. The van der Waals surface area contributed by atoms with Crippen LogP contribution in [0.3, 0.4) is 0 Å². The monoisotopic (exact) mass is 371 g/mol. The molecule has 1 aliphatic rings. The molecule has 1 aromatic carbocycles. The number of nitrogens with zero attached hydrogens (tertiary/aromatic N) is 4. The van der Waals surface area contributed by atoms with Gasteiger partial charge in [-0.15, -0.1) is 10.2 Å². The van der Waals surface area contributed by atoms with E-state index in [1.54, 1.807) is 14.0 Å². The van der Waals surface area contributed by atoms with Crippen LogP contribution in [0, 0.1) is 17.2 Å². The quantitative estimate of drug-likeness (QED) is 0.751. The van der Waals surface area contributed by atoms with E-state index in [1.165, 1.54) is 11.8 Å². The summed E-state index contributed by atoms with van der Waals surface area (Å²) in [7, 11) is 3.49. The van der Waals surface area contributed by atoms with Crippen molar-refractivity contribution in [1.29, 1.82) is 5.26 Å². The molecule has 1 fully saturated rings. The molecular formula is C18H21N5O2S. The van der Waals surface area contributed by atoms with Crippen LogP contribution in [-0.4, -0.2) is 39.1 Å². The smallest absolute Gasteiger partial charge is 0.231 e. The van der Waals surface area contributed by atoms with Crippen LogP contribution >= 0.6 is 11.8 Å². The summed E-state index contributed by atoms with van der Waals surface area (Å²) in [5.41, 5.74) is 0.147. The first-order chi connectivity index (χ1) is 12.5. The number of rotatable bonds is 7. The van der Waals surface area contributed by atoms with E-state index in [2.05, 4.69) is 21.6 Å². The van der Waals surface area contributed by atoms with Gasteiger partial charge in [0.25, 0.3) is 0 Å². The molecule has 1 aliphatic carbocycles. The van der Waals surface area contributed by atoms with Gasteiger partial charge in [0, 0.05) is 12.6 Å². The van der Waals surface area contributed by atoms with Crippen LogP contribution in [0.4, 0.5) is 0 Å². The number of aromatic nitrogens is 3. The molecule has 3 rings (SSSR count). The zero-order valence-corrected chi connectivity index (χ0v) is 15.8. The number of methoxy groups -OCH3 is 1. The molecule has 0 radical (unpaired) electrons. The second-order valence-corrected chi connectivity index (χ2v) is 7.46. The van der Waals surface area contributed by atoms with Crippen LogP contribution in [0.1, 0.15) is 19.8 Å². The number of carbonyl (C=O) groups excluding carboxylic acids is 1. The summed E-state index contributed by atoms with van der Waals surface area (Å²) >= 11 is 1.30. The second kappa shape index (κ2) is 7.38. The van der Waals surface area contributed by atoms with E-state index in [-0.39, 0.29) is 17.6 Å². The van der Waals surface area contributed by atoms with Gasteiger partial charge in [-0.25, -0.2) is 0 Å². The maximum Gasteiger partial charge on any atom is 0.231 e. The topological polar surface area (TPSA) is 92.8 Å². The van der Waals surface area contributed by atoms with Gasteiger partial charge < -0.3 is 14.6 Å². The number of hydrogen-bond acceptors (Lipinski definition) is 6. The summed E-state index contributed by atoms with van der Waals surface area (Å²) in [5.74, 6) is 1.78. The first-order valence-corrected chi connectivity index (χ1v) is 9.34. The molecular weight excluding hydrogens is 350 g/mol. The Morgan fingerprint density at radius 1 is 1.42 bits per heavy atom. The number of ether oxygens (including phenoxy) is 1. The Morgan fingerprint density at radius 2 is 2.12 bits per heavy atom. The maximum atomic E-state index is 12.2. The van der Waals surface area contributed by atoms with Gasteiger partial charge in [-0.05, 0) is 49.9 Å². The van der Waals surface area contributed by atoms with Crippen molar-refractivity contribution in [3.63, 3.8) is 0 Å². The van der Waals surface area contributed by atoms with Gasteiger partial charge in [0.15, 0.2) is 11.0 Å². The van der Waals surface area contributed by atoms with Crippen molar-refractivity contribution in [2.24, 2.45) is 13.0 Å². The third kappa shape index (κ3) is 3.83. The van der Waals surface area contributed by atoms with Crippen molar-refractivity contribution in [1.82, 2.24) is 20.1 Å². The Bertz CT molecular complexity index is 838. The highest BCUT2D eigenvalue weighted by Crippen LogP contribution is 2.39. The molecule has 1 amide bonds. The van der Waals surface area contributed by atoms with E-state index >= 15 is 0 Å². The minimum atomic E-state index is -0.772. The molecule has 7 nitrogen and oxygen atoms in total. The van der Waals surface area contributed by atoms with E-state index in [4.69, 9.17) is 4.74 Å². The molecule has 0 aliphatic heterocycles. The Hall–Kier alpha value is -2.53. The number of thioether (sulfide) groups is 1. The lowest BCUT2D eigenvalue weighted by molar-refractivity contribution is -0.119. The number of hydrogen-bond donors (Lipinski definition) is 1. The number of benzene rings is 1. The van der Waals surface area contributed by atoms with E-state index in [0.29, 0.717) is 5.16 Å². The van der Waals surface area contributed by atoms with Crippen molar-refractivity contribution in [2.45, 2.75) is 30.5 Å². The molecule has 0 unspecified atom stereocenters. The van der Waals surface area contributed by atoms with Gasteiger partial charge in [-0.2, -0.15) is 5.26 Å². The summed E-state index contributed by atoms with van der Waals surface area (Å²) in [6.07, 6.45) is 1.98. The van der Waals surface area contributed by atoms with Crippen molar-refractivity contribution >= 4 is 17.7 Å². The zero-order valence-electron chi connectivity index (χ0n) is 15.0. The minimum absolute atomic E-state index is 0.167. The van der Waals surface area contributed by atoms with E-state index in [9.17, 15) is 10.1 Å². The van der Waals surface area contributed by atoms with E-state index in [0.717, 1.165) is 30.0 Å². The van der Waals surface area contributed by atoms with Crippen molar-refractivity contribution < 1.29 is 9.53 Å². The molecule has 1 saturated carbocycles. The molecule has 2 aromatic rings. The van der Waals surface area contributed by atoms with Crippen molar-refractivity contribution in [3.8, 4) is 23.2 Å². The van der Waals surface area contributed by atoms with Gasteiger partial charge in [0.2, 0.25) is 5.91 Å². The molecule has 1 N–H and O–H groups in total. The molecule has 0 spiro atoms. The Balaban J connectivity index is 1.63. The molecule has 0 bridgehead atoms. The lowest BCUT2D eigenvalue weighted by Gasteiger charge is -2.22. The molecule has 1 heterocycles. The number of amides is 1. The first-order valence-electron chi connectivity index (χ1n) is 8.35. The summed E-state index contributed by atoms with van der Waals surface area (Å²) in [6, 6.07) is 9.79.